The smallest absolute Gasteiger partial charge is 0.348 e. The predicted octanol–water partition coefficient (Wildman–Crippen LogP) is 4.30. The average Bonchev–Trinajstić information content (AvgIpc) is 2.98. The molecular weight excluding hydrogens is 574 g/mol. The van der Waals surface area contributed by atoms with E-state index in [9.17, 15) is 39.6 Å². The number of aromatic hydroxyl groups is 2. The zero-order chi connectivity index (χ0) is 31.9. The molecule has 0 aliphatic carbocycles. The van der Waals surface area contributed by atoms with Gasteiger partial charge < -0.3 is 39.6 Å². The Morgan fingerprint density at radius 1 is 0.886 bits per heavy atom. The van der Waals surface area contributed by atoms with Crippen molar-refractivity contribution in [2.24, 2.45) is 0 Å². The zero-order valence-corrected chi connectivity index (χ0v) is 23.5. The minimum absolute atomic E-state index is 0.00615. The summed E-state index contributed by atoms with van der Waals surface area (Å²) in [5.74, 6) is -4.52. The number of methoxy groups -OCH3 is 2. The van der Waals surface area contributed by atoms with Gasteiger partial charge in [0.2, 0.25) is 0 Å². The molecule has 224 valence electrons. The molecule has 1 heterocycles. The second kappa shape index (κ2) is 11.3. The van der Waals surface area contributed by atoms with E-state index >= 15 is 0 Å². The van der Waals surface area contributed by atoms with Crippen molar-refractivity contribution in [1.29, 1.82) is 0 Å². The first-order valence-corrected chi connectivity index (χ1v) is 13.0. The SMILES string of the molecule is CNC(=O)c1cc2cc3cc4cc(CC(=O)O)c(C(=O)/C=C(/O)c5ccccc5O)c(OC)c4c(OC)c3c(O)c2c(=O)o1. The van der Waals surface area contributed by atoms with Crippen LogP contribution in [0.25, 0.3) is 38.1 Å². The highest BCUT2D eigenvalue weighted by Gasteiger charge is 2.27. The number of phenolic OH excluding ortho intramolecular Hbond substituents is 2. The Labute approximate surface area is 248 Å². The number of hydrogen-bond acceptors (Lipinski definition) is 10. The van der Waals surface area contributed by atoms with Crippen molar-refractivity contribution in [3.63, 3.8) is 0 Å². The standard InChI is InChI=1S/C32H25NO11/c1-33-31(40)22-11-16-9-14-8-15-10-17(12-23(37)38)24(21(36)13-20(35)18-6-4-5-7-19(18)34)29(42-2)27(15)30(43-3)25(14)28(39)26(16)32(41)44-22/h4-11,13,34-35,39H,12H2,1-3H3,(H,33,40)(H,37,38)/b20-13+. The summed E-state index contributed by atoms with van der Waals surface area (Å²) in [6.45, 7) is 0. The molecule has 0 aliphatic rings. The second-order valence-electron chi connectivity index (χ2n) is 9.70. The van der Waals surface area contributed by atoms with Crippen molar-refractivity contribution >= 4 is 55.7 Å². The van der Waals surface area contributed by atoms with Gasteiger partial charge in [-0.3, -0.25) is 14.4 Å². The van der Waals surface area contributed by atoms with E-state index in [1.165, 1.54) is 57.7 Å². The van der Waals surface area contributed by atoms with Crippen molar-refractivity contribution in [3.8, 4) is 23.0 Å². The van der Waals surface area contributed by atoms with Crippen LogP contribution < -0.4 is 20.4 Å². The quantitative estimate of drug-likeness (QED) is 0.0739. The van der Waals surface area contributed by atoms with Gasteiger partial charge in [0, 0.05) is 13.1 Å². The number of carboxylic acid groups (broad SMARTS) is 1. The Balaban J connectivity index is 1.87. The fourth-order valence-electron chi connectivity index (χ4n) is 5.27. The Hall–Kier alpha value is -6.04. The Bertz CT molecular complexity index is 2130. The van der Waals surface area contributed by atoms with Gasteiger partial charge in [-0.1, -0.05) is 12.1 Å². The first kappa shape index (κ1) is 29.5. The third-order valence-electron chi connectivity index (χ3n) is 7.11. The third-order valence-corrected chi connectivity index (χ3v) is 7.11. The highest BCUT2D eigenvalue weighted by atomic mass is 16.5. The van der Waals surface area contributed by atoms with E-state index in [-0.39, 0.29) is 61.2 Å². The number of aliphatic carboxylic acids is 1. The molecule has 0 fully saturated rings. The van der Waals surface area contributed by atoms with Gasteiger partial charge in [-0.2, -0.15) is 0 Å². The summed E-state index contributed by atoms with van der Waals surface area (Å²) in [5.41, 5.74) is -1.18. The summed E-state index contributed by atoms with van der Waals surface area (Å²) in [5, 5.41) is 45.1. The van der Waals surface area contributed by atoms with Gasteiger partial charge >= 0.3 is 11.6 Å². The largest absolute Gasteiger partial charge is 0.507 e. The molecule has 5 rings (SSSR count). The Morgan fingerprint density at radius 2 is 1.52 bits per heavy atom. The van der Waals surface area contributed by atoms with E-state index in [0.29, 0.717) is 10.8 Å². The van der Waals surface area contributed by atoms with Crippen molar-refractivity contribution in [2.45, 2.75) is 6.42 Å². The first-order chi connectivity index (χ1) is 21.0. The third kappa shape index (κ3) is 4.87. The highest BCUT2D eigenvalue weighted by molar-refractivity contribution is 6.20. The number of benzene rings is 4. The molecule has 5 N–H and O–H groups in total. The number of amides is 1. The van der Waals surface area contributed by atoms with Gasteiger partial charge in [-0.25, -0.2) is 4.79 Å². The van der Waals surface area contributed by atoms with Gasteiger partial charge in [0.05, 0.1) is 42.5 Å². The molecule has 0 bridgehead atoms. The molecule has 0 spiro atoms. The summed E-state index contributed by atoms with van der Waals surface area (Å²) < 4.78 is 16.5. The topological polar surface area (TPSA) is 193 Å². The molecule has 0 atom stereocenters. The number of rotatable bonds is 8. The summed E-state index contributed by atoms with van der Waals surface area (Å²) in [4.78, 5) is 50.5. The van der Waals surface area contributed by atoms with E-state index in [1.54, 1.807) is 12.1 Å². The monoisotopic (exact) mass is 599 g/mol. The average molecular weight is 600 g/mol. The molecule has 1 amide bonds. The lowest BCUT2D eigenvalue weighted by Gasteiger charge is -2.19. The molecule has 12 heteroatoms. The fourth-order valence-corrected chi connectivity index (χ4v) is 5.27. The van der Waals surface area contributed by atoms with Crippen molar-refractivity contribution in [3.05, 3.63) is 87.5 Å². The summed E-state index contributed by atoms with van der Waals surface area (Å²) in [7, 11) is 3.91. The summed E-state index contributed by atoms with van der Waals surface area (Å²) in [6.07, 6.45) is 0.232. The lowest BCUT2D eigenvalue weighted by molar-refractivity contribution is -0.136. The number of para-hydroxylation sites is 1. The minimum atomic E-state index is -1.25. The van der Waals surface area contributed by atoms with Gasteiger partial charge in [0.25, 0.3) is 5.91 Å². The van der Waals surface area contributed by atoms with E-state index in [2.05, 4.69) is 5.32 Å². The van der Waals surface area contributed by atoms with Gasteiger partial charge in [0.15, 0.2) is 11.5 Å². The first-order valence-electron chi connectivity index (χ1n) is 13.0. The van der Waals surface area contributed by atoms with Crippen LogP contribution in [0.2, 0.25) is 0 Å². The maximum Gasteiger partial charge on any atom is 0.348 e. The zero-order valence-electron chi connectivity index (χ0n) is 23.5. The number of aliphatic hydroxyl groups is 1. The summed E-state index contributed by atoms with van der Waals surface area (Å²) in [6, 6.07) is 11.6. The molecule has 4 aromatic carbocycles. The molecule has 44 heavy (non-hydrogen) atoms. The number of carbonyl (C=O) groups excluding carboxylic acids is 2. The normalized spacial score (nSPS) is 11.6. The molecule has 0 saturated heterocycles. The van der Waals surface area contributed by atoms with Crippen molar-refractivity contribution in [2.75, 3.05) is 21.3 Å². The second-order valence-corrected chi connectivity index (χ2v) is 9.70. The maximum absolute atomic E-state index is 13.7. The van der Waals surface area contributed by atoms with Crippen LogP contribution in [-0.4, -0.2) is 59.4 Å². The number of hydrogen-bond donors (Lipinski definition) is 5. The number of ether oxygens (including phenoxy) is 2. The molecule has 12 nitrogen and oxygen atoms in total. The van der Waals surface area contributed by atoms with Crippen molar-refractivity contribution < 1.29 is 48.7 Å². The van der Waals surface area contributed by atoms with Crippen LogP contribution in [0.1, 0.15) is 32.0 Å². The van der Waals surface area contributed by atoms with Crippen molar-refractivity contribution in [1.82, 2.24) is 5.32 Å². The number of aliphatic hydroxyl groups excluding tert-OH is 1. The maximum atomic E-state index is 13.7. The lowest BCUT2D eigenvalue weighted by Crippen LogP contribution is -2.19. The van der Waals surface area contributed by atoms with E-state index in [0.717, 1.165) is 6.08 Å². The van der Waals surface area contributed by atoms with Crippen LogP contribution in [-0.2, 0) is 11.2 Å². The van der Waals surface area contributed by atoms with Gasteiger partial charge in [-0.15, -0.1) is 0 Å². The molecule has 0 saturated carbocycles. The minimum Gasteiger partial charge on any atom is -0.507 e. The van der Waals surface area contributed by atoms with Crippen LogP contribution in [0.4, 0.5) is 0 Å². The van der Waals surface area contributed by atoms with E-state index < -0.39 is 41.2 Å². The molecule has 0 aliphatic heterocycles. The Kier molecular flexibility index (Phi) is 7.58. The predicted molar refractivity (Wildman–Crippen MR) is 160 cm³/mol. The van der Waals surface area contributed by atoms with Crippen LogP contribution in [0.3, 0.4) is 0 Å². The number of allylic oxidation sites excluding steroid dienone is 1. The van der Waals surface area contributed by atoms with Crippen LogP contribution in [0, 0.1) is 0 Å². The number of phenols is 2. The number of nitrogens with one attached hydrogen (secondary N) is 1. The molecular formula is C32H25NO11. The number of carboxylic acids is 1. The van der Waals surface area contributed by atoms with Crippen LogP contribution >= 0.6 is 0 Å². The van der Waals surface area contributed by atoms with E-state index in [4.69, 9.17) is 13.9 Å². The summed E-state index contributed by atoms with van der Waals surface area (Å²) >= 11 is 0. The van der Waals surface area contributed by atoms with E-state index in [1.807, 2.05) is 0 Å². The van der Waals surface area contributed by atoms with Gasteiger partial charge in [-0.05, 0) is 58.1 Å². The molecule has 0 radical (unpaired) electrons. The number of fused-ring (bicyclic) bond motifs is 3. The molecule has 0 unspecified atom stereocenters. The molecule has 5 aromatic rings. The van der Waals surface area contributed by atoms with Gasteiger partial charge in [0.1, 0.15) is 34.1 Å². The van der Waals surface area contributed by atoms with Crippen LogP contribution in [0.5, 0.6) is 23.0 Å². The fraction of sp³-hybridized carbons (Fsp3) is 0.125. The molecule has 1 aromatic heterocycles. The van der Waals surface area contributed by atoms with Crippen LogP contribution in [0.15, 0.2) is 63.8 Å². The Morgan fingerprint density at radius 3 is 2.14 bits per heavy atom. The lowest BCUT2D eigenvalue weighted by atomic mass is 9.90. The highest BCUT2D eigenvalue weighted by Crippen LogP contribution is 2.47. The number of carbonyl (C=O) groups is 3. The number of ketones is 1.